The van der Waals surface area contributed by atoms with Crippen molar-refractivity contribution in [2.24, 2.45) is 7.05 Å². The van der Waals surface area contributed by atoms with E-state index in [0.717, 1.165) is 42.1 Å². The molecule has 0 bridgehead atoms. The van der Waals surface area contributed by atoms with Gasteiger partial charge in [-0.05, 0) is 31.9 Å². The highest BCUT2D eigenvalue weighted by atomic mass is 16.5. The zero-order chi connectivity index (χ0) is 17.3. The van der Waals surface area contributed by atoms with E-state index < -0.39 is 0 Å². The number of benzene rings is 1. The fourth-order valence-corrected chi connectivity index (χ4v) is 3.29. The van der Waals surface area contributed by atoms with Gasteiger partial charge in [0.1, 0.15) is 11.5 Å². The van der Waals surface area contributed by atoms with Crippen molar-refractivity contribution in [3.8, 4) is 11.5 Å². The van der Waals surface area contributed by atoms with E-state index >= 15 is 0 Å². The van der Waals surface area contributed by atoms with Crippen molar-refractivity contribution in [1.29, 1.82) is 0 Å². The van der Waals surface area contributed by atoms with E-state index in [2.05, 4.69) is 5.10 Å². The number of likely N-dealkylation sites (tertiary alicyclic amines) is 1. The average molecular weight is 329 g/mol. The molecule has 1 amide bonds. The minimum Gasteiger partial charge on any atom is -0.497 e. The standard InChI is InChI=1S/C18H23N3O3/c1-12-15(11-19-20(12)2)18(22)21-9-5-6-16(21)14-8-7-13(23-3)10-17(14)24-4/h7-8,10-11,16H,5-6,9H2,1-4H3/t16-/m1/s1. The van der Waals surface area contributed by atoms with Gasteiger partial charge in [0.15, 0.2) is 0 Å². The number of aryl methyl sites for hydroxylation is 1. The summed E-state index contributed by atoms with van der Waals surface area (Å²) in [5.74, 6) is 1.53. The largest absolute Gasteiger partial charge is 0.497 e. The quantitative estimate of drug-likeness (QED) is 0.865. The number of amides is 1. The van der Waals surface area contributed by atoms with E-state index in [-0.39, 0.29) is 11.9 Å². The van der Waals surface area contributed by atoms with E-state index in [4.69, 9.17) is 9.47 Å². The Labute approximate surface area is 142 Å². The second kappa shape index (κ2) is 6.55. The summed E-state index contributed by atoms with van der Waals surface area (Å²) in [6.07, 6.45) is 3.55. The fourth-order valence-electron chi connectivity index (χ4n) is 3.29. The number of ether oxygens (including phenoxy) is 2. The van der Waals surface area contributed by atoms with Crippen molar-refractivity contribution in [2.45, 2.75) is 25.8 Å². The molecule has 1 aromatic carbocycles. The highest BCUT2D eigenvalue weighted by Crippen LogP contribution is 2.39. The number of carbonyl (C=O) groups excluding carboxylic acids is 1. The third kappa shape index (κ3) is 2.72. The van der Waals surface area contributed by atoms with Crippen LogP contribution in [-0.2, 0) is 7.05 Å². The highest BCUT2D eigenvalue weighted by molar-refractivity contribution is 5.95. The number of nitrogens with zero attached hydrogens (tertiary/aromatic N) is 3. The summed E-state index contributed by atoms with van der Waals surface area (Å²) in [5.41, 5.74) is 2.56. The predicted octanol–water partition coefficient (Wildman–Crippen LogP) is 2.72. The van der Waals surface area contributed by atoms with Crippen molar-refractivity contribution >= 4 is 5.91 Å². The molecule has 1 aliphatic rings. The Morgan fingerprint density at radius 2 is 2.08 bits per heavy atom. The van der Waals surface area contributed by atoms with E-state index in [9.17, 15) is 4.79 Å². The van der Waals surface area contributed by atoms with Gasteiger partial charge >= 0.3 is 0 Å². The number of carbonyl (C=O) groups is 1. The van der Waals surface area contributed by atoms with Crippen LogP contribution in [0.25, 0.3) is 0 Å². The number of methoxy groups -OCH3 is 2. The van der Waals surface area contributed by atoms with Crippen LogP contribution in [0.5, 0.6) is 11.5 Å². The average Bonchev–Trinajstić information content (AvgIpc) is 3.21. The Bertz CT molecular complexity index is 754. The normalized spacial score (nSPS) is 17.2. The molecule has 1 aliphatic heterocycles. The summed E-state index contributed by atoms with van der Waals surface area (Å²) in [7, 11) is 5.12. The molecule has 6 heteroatoms. The Kier molecular flexibility index (Phi) is 4.46. The Balaban J connectivity index is 1.94. The fraction of sp³-hybridized carbons (Fsp3) is 0.444. The zero-order valence-electron chi connectivity index (χ0n) is 14.6. The molecule has 0 unspecified atom stereocenters. The molecule has 0 spiro atoms. The maximum atomic E-state index is 13.0. The molecule has 24 heavy (non-hydrogen) atoms. The van der Waals surface area contributed by atoms with Crippen LogP contribution >= 0.6 is 0 Å². The van der Waals surface area contributed by atoms with Crippen molar-refractivity contribution in [3.63, 3.8) is 0 Å². The molecule has 0 saturated carbocycles. The first-order chi connectivity index (χ1) is 11.6. The van der Waals surface area contributed by atoms with Crippen LogP contribution in [0.1, 0.15) is 40.5 Å². The molecule has 2 aromatic rings. The van der Waals surface area contributed by atoms with Gasteiger partial charge in [-0.25, -0.2) is 0 Å². The van der Waals surface area contributed by atoms with Crippen LogP contribution in [0.3, 0.4) is 0 Å². The summed E-state index contributed by atoms with van der Waals surface area (Å²) in [4.78, 5) is 14.9. The van der Waals surface area contributed by atoms with Gasteiger partial charge in [-0.2, -0.15) is 5.10 Å². The van der Waals surface area contributed by atoms with E-state index in [1.165, 1.54) is 0 Å². The van der Waals surface area contributed by atoms with Crippen LogP contribution in [0.4, 0.5) is 0 Å². The third-order valence-electron chi connectivity index (χ3n) is 4.78. The van der Waals surface area contributed by atoms with Crippen LogP contribution < -0.4 is 9.47 Å². The molecule has 128 valence electrons. The van der Waals surface area contributed by atoms with Crippen LogP contribution in [-0.4, -0.2) is 41.4 Å². The number of hydrogen-bond acceptors (Lipinski definition) is 4. The zero-order valence-corrected chi connectivity index (χ0v) is 14.6. The monoisotopic (exact) mass is 329 g/mol. The van der Waals surface area contributed by atoms with E-state index in [1.54, 1.807) is 25.1 Å². The number of hydrogen-bond donors (Lipinski definition) is 0. The lowest BCUT2D eigenvalue weighted by molar-refractivity contribution is 0.0733. The molecule has 2 heterocycles. The van der Waals surface area contributed by atoms with Crippen LogP contribution in [0, 0.1) is 6.92 Å². The van der Waals surface area contributed by atoms with Gasteiger partial charge in [0.2, 0.25) is 0 Å². The summed E-state index contributed by atoms with van der Waals surface area (Å²) in [6, 6.07) is 5.78. The lowest BCUT2D eigenvalue weighted by Crippen LogP contribution is -2.31. The van der Waals surface area contributed by atoms with Gasteiger partial charge in [0, 0.05) is 30.9 Å². The van der Waals surface area contributed by atoms with Crippen molar-refractivity contribution in [2.75, 3.05) is 20.8 Å². The van der Waals surface area contributed by atoms with Crippen LogP contribution in [0.15, 0.2) is 24.4 Å². The molecule has 1 saturated heterocycles. The summed E-state index contributed by atoms with van der Waals surface area (Å²) < 4.78 is 12.5. The summed E-state index contributed by atoms with van der Waals surface area (Å²) in [5, 5.41) is 4.19. The molecular weight excluding hydrogens is 306 g/mol. The van der Waals surface area contributed by atoms with Gasteiger partial charge in [-0.3, -0.25) is 9.48 Å². The molecule has 3 rings (SSSR count). The van der Waals surface area contributed by atoms with E-state index in [0.29, 0.717) is 5.56 Å². The molecule has 6 nitrogen and oxygen atoms in total. The third-order valence-corrected chi connectivity index (χ3v) is 4.78. The first-order valence-electron chi connectivity index (χ1n) is 8.08. The van der Waals surface area contributed by atoms with Gasteiger partial charge in [0.25, 0.3) is 5.91 Å². The smallest absolute Gasteiger partial charge is 0.257 e. The minimum atomic E-state index is 0.0120. The summed E-state index contributed by atoms with van der Waals surface area (Å²) in [6.45, 7) is 2.66. The first kappa shape index (κ1) is 16.4. The first-order valence-corrected chi connectivity index (χ1v) is 8.08. The van der Waals surface area contributed by atoms with Gasteiger partial charge in [0.05, 0.1) is 32.0 Å². The van der Waals surface area contributed by atoms with Crippen molar-refractivity contribution in [1.82, 2.24) is 14.7 Å². The van der Waals surface area contributed by atoms with Gasteiger partial charge in [-0.1, -0.05) is 0 Å². The number of rotatable bonds is 4. The number of aromatic nitrogens is 2. The second-order valence-electron chi connectivity index (χ2n) is 6.03. The second-order valence-corrected chi connectivity index (χ2v) is 6.03. The molecular formula is C18H23N3O3. The molecule has 1 aromatic heterocycles. The maximum absolute atomic E-state index is 13.0. The topological polar surface area (TPSA) is 56.6 Å². The Hall–Kier alpha value is -2.50. The lowest BCUT2D eigenvalue weighted by atomic mass is 10.0. The SMILES string of the molecule is COc1ccc([C@H]2CCCN2C(=O)c2cnn(C)c2C)c(OC)c1. The van der Waals surface area contributed by atoms with Gasteiger partial charge < -0.3 is 14.4 Å². The lowest BCUT2D eigenvalue weighted by Gasteiger charge is -2.26. The highest BCUT2D eigenvalue weighted by Gasteiger charge is 2.33. The van der Waals surface area contributed by atoms with Crippen molar-refractivity contribution < 1.29 is 14.3 Å². The molecule has 0 aliphatic carbocycles. The molecule has 1 atom stereocenters. The van der Waals surface area contributed by atoms with Gasteiger partial charge in [-0.15, -0.1) is 0 Å². The molecule has 0 N–H and O–H groups in total. The Morgan fingerprint density at radius 1 is 1.29 bits per heavy atom. The van der Waals surface area contributed by atoms with Crippen LogP contribution in [0.2, 0.25) is 0 Å². The molecule has 0 radical (unpaired) electrons. The van der Waals surface area contributed by atoms with Crippen molar-refractivity contribution in [3.05, 3.63) is 41.2 Å². The minimum absolute atomic E-state index is 0.0120. The predicted molar refractivity (Wildman–Crippen MR) is 90.5 cm³/mol. The molecule has 1 fully saturated rings. The summed E-state index contributed by atoms with van der Waals surface area (Å²) >= 11 is 0. The van der Waals surface area contributed by atoms with E-state index in [1.807, 2.05) is 37.1 Å². The maximum Gasteiger partial charge on any atom is 0.257 e. The Morgan fingerprint density at radius 3 is 2.71 bits per heavy atom.